The molecular weight excluding hydrogens is 176 g/mol. The summed E-state index contributed by atoms with van der Waals surface area (Å²) in [6.07, 6.45) is -0.423. The van der Waals surface area contributed by atoms with Crippen molar-refractivity contribution in [2.75, 3.05) is 34.6 Å². The zero-order chi connectivity index (χ0) is 10.1. The first-order chi connectivity index (χ1) is 6.24. The Kier molecular flexibility index (Phi) is 7.27. The average Bonchev–Trinajstić information content (AvgIpc) is 2.16. The van der Waals surface area contributed by atoms with Crippen LogP contribution in [0.1, 0.15) is 0 Å². The van der Waals surface area contributed by atoms with E-state index in [9.17, 15) is 4.79 Å². The zero-order valence-electron chi connectivity index (χ0n) is 8.12. The lowest BCUT2D eigenvalue weighted by Crippen LogP contribution is -2.41. The van der Waals surface area contributed by atoms with Crippen LogP contribution >= 0.6 is 0 Å². The summed E-state index contributed by atoms with van der Waals surface area (Å²) in [5.74, 6) is 0. The Labute approximate surface area is 77.5 Å². The SMILES string of the molecule is COCNC(=O)NCC(OC)OC. The number of rotatable bonds is 6. The maximum atomic E-state index is 10.9. The number of carbonyl (C=O) groups excluding carboxylic acids is 1. The highest BCUT2D eigenvalue weighted by molar-refractivity contribution is 5.73. The Balaban J connectivity index is 3.44. The minimum absolute atomic E-state index is 0.177. The van der Waals surface area contributed by atoms with Crippen molar-refractivity contribution in [3.8, 4) is 0 Å². The first-order valence-electron chi connectivity index (χ1n) is 3.80. The van der Waals surface area contributed by atoms with Gasteiger partial charge in [-0.3, -0.25) is 0 Å². The first kappa shape index (κ1) is 12.2. The summed E-state index contributed by atoms with van der Waals surface area (Å²) in [6.45, 7) is 0.471. The molecule has 0 aliphatic carbocycles. The molecule has 0 aromatic heterocycles. The third-order valence-corrected chi connectivity index (χ3v) is 1.33. The summed E-state index contributed by atoms with van der Waals surface area (Å²) in [4.78, 5) is 10.9. The van der Waals surface area contributed by atoms with Crippen LogP contribution in [0, 0.1) is 0 Å². The molecule has 78 valence electrons. The molecule has 0 unspecified atom stereocenters. The van der Waals surface area contributed by atoms with E-state index in [2.05, 4.69) is 15.4 Å². The van der Waals surface area contributed by atoms with E-state index in [0.29, 0.717) is 6.54 Å². The third kappa shape index (κ3) is 6.32. The van der Waals surface area contributed by atoms with Crippen molar-refractivity contribution >= 4 is 6.03 Å². The second-order valence-electron chi connectivity index (χ2n) is 2.22. The quantitative estimate of drug-likeness (QED) is 0.557. The van der Waals surface area contributed by atoms with Crippen LogP contribution < -0.4 is 10.6 Å². The van der Waals surface area contributed by atoms with Crippen LogP contribution in [0.2, 0.25) is 0 Å². The number of ether oxygens (including phenoxy) is 3. The fraction of sp³-hybridized carbons (Fsp3) is 0.857. The molecule has 0 rings (SSSR count). The Morgan fingerprint density at radius 1 is 1.23 bits per heavy atom. The molecule has 0 saturated carbocycles. The van der Waals surface area contributed by atoms with Gasteiger partial charge in [0.1, 0.15) is 6.73 Å². The predicted octanol–water partition coefficient (Wildman–Crippen LogP) is -0.492. The lowest BCUT2D eigenvalue weighted by Gasteiger charge is -2.14. The van der Waals surface area contributed by atoms with Crippen molar-refractivity contribution in [3.63, 3.8) is 0 Å². The number of hydrogen-bond donors (Lipinski definition) is 2. The van der Waals surface area contributed by atoms with Gasteiger partial charge in [0.05, 0.1) is 6.54 Å². The minimum Gasteiger partial charge on any atom is -0.364 e. The van der Waals surface area contributed by atoms with Gasteiger partial charge >= 0.3 is 6.03 Å². The van der Waals surface area contributed by atoms with Crippen molar-refractivity contribution in [1.29, 1.82) is 0 Å². The van der Waals surface area contributed by atoms with Gasteiger partial charge in [-0.2, -0.15) is 0 Å². The van der Waals surface area contributed by atoms with Gasteiger partial charge in [0.25, 0.3) is 0 Å². The predicted molar refractivity (Wildman–Crippen MR) is 46.2 cm³/mol. The summed E-state index contributed by atoms with van der Waals surface area (Å²) in [5, 5.41) is 4.99. The topological polar surface area (TPSA) is 68.8 Å². The van der Waals surface area contributed by atoms with Crippen molar-refractivity contribution in [2.45, 2.75) is 6.29 Å². The summed E-state index contributed by atoms with van der Waals surface area (Å²) in [6, 6.07) is -0.319. The minimum atomic E-state index is -0.423. The molecule has 0 heterocycles. The van der Waals surface area contributed by atoms with Crippen LogP contribution in [0.5, 0.6) is 0 Å². The van der Waals surface area contributed by atoms with Gasteiger partial charge in [-0.1, -0.05) is 0 Å². The molecule has 0 saturated heterocycles. The maximum Gasteiger partial charge on any atom is 0.316 e. The van der Waals surface area contributed by atoms with Crippen LogP contribution in [0.4, 0.5) is 4.79 Å². The summed E-state index contributed by atoms with van der Waals surface area (Å²) < 4.78 is 14.4. The smallest absolute Gasteiger partial charge is 0.316 e. The van der Waals surface area contributed by atoms with E-state index in [1.54, 1.807) is 0 Å². The van der Waals surface area contributed by atoms with E-state index in [1.807, 2.05) is 0 Å². The second-order valence-corrected chi connectivity index (χ2v) is 2.22. The van der Waals surface area contributed by atoms with E-state index in [0.717, 1.165) is 0 Å². The Bertz CT molecular complexity index is 138. The van der Waals surface area contributed by atoms with E-state index in [4.69, 9.17) is 9.47 Å². The maximum absolute atomic E-state index is 10.9. The Morgan fingerprint density at radius 3 is 2.31 bits per heavy atom. The Hall–Kier alpha value is -0.850. The molecule has 0 aromatic rings. The highest BCUT2D eigenvalue weighted by atomic mass is 16.7. The molecular formula is C7H16N2O4. The van der Waals surface area contributed by atoms with Crippen molar-refractivity contribution < 1.29 is 19.0 Å². The van der Waals surface area contributed by atoms with Crippen molar-refractivity contribution in [3.05, 3.63) is 0 Å². The number of hydrogen-bond acceptors (Lipinski definition) is 4. The van der Waals surface area contributed by atoms with Gasteiger partial charge in [0.15, 0.2) is 6.29 Å². The molecule has 0 fully saturated rings. The molecule has 13 heavy (non-hydrogen) atoms. The number of carbonyl (C=O) groups is 1. The molecule has 2 amide bonds. The molecule has 0 aliphatic heterocycles. The first-order valence-corrected chi connectivity index (χ1v) is 3.80. The molecule has 0 aromatic carbocycles. The number of nitrogens with one attached hydrogen (secondary N) is 2. The largest absolute Gasteiger partial charge is 0.364 e. The molecule has 0 aliphatic rings. The second kappa shape index (κ2) is 7.78. The zero-order valence-corrected chi connectivity index (χ0v) is 8.12. The van der Waals surface area contributed by atoms with E-state index in [-0.39, 0.29) is 12.8 Å². The molecule has 0 bridgehead atoms. The van der Waals surface area contributed by atoms with Gasteiger partial charge in [-0.05, 0) is 0 Å². The molecule has 0 radical (unpaired) electrons. The van der Waals surface area contributed by atoms with Gasteiger partial charge < -0.3 is 24.8 Å². The number of amides is 2. The highest BCUT2D eigenvalue weighted by Crippen LogP contribution is 1.86. The van der Waals surface area contributed by atoms with E-state index >= 15 is 0 Å². The van der Waals surface area contributed by atoms with Gasteiger partial charge in [0.2, 0.25) is 0 Å². The van der Waals surface area contributed by atoms with E-state index in [1.165, 1.54) is 21.3 Å². The molecule has 0 spiro atoms. The molecule has 6 nitrogen and oxygen atoms in total. The Morgan fingerprint density at radius 2 is 1.85 bits per heavy atom. The summed E-state index contributed by atoms with van der Waals surface area (Å²) >= 11 is 0. The van der Waals surface area contributed by atoms with Gasteiger partial charge in [-0.25, -0.2) is 4.79 Å². The van der Waals surface area contributed by atoms with Crippen molar-refractivity contribution in [2.24, 2.45) is 0 Å². The fourth-order valence-electron chi connectivity index (χ4n) is 0.639. The van der Waals surface area contributed by atoms with Crippen LogP contribution in [0.3, 0.4) is 0 Å². The normalized spacial score (nSPS) is 10.2. The molecule has 0 atom stereocenters. The average molecular weight is 192 g/mol. The van der Waals surface area contributed by atoms with E-state index < -0.39 is 6.29 Å². The highest BCUT2D eigenvalue weighted by Gasteiger charge is 2.06. The van der Waals surface area contributed by atoms with Crippen LogP contribution in [-0.4, -0.2) is 46.9 Å². The fourth-order valence-corrected chi connectivity index (χ4v) is 0.639. The molecule has 2 N–H and O–H groups in total. The van der Waals surface area contributed by atoms with Crippen LogP contribution in [0.15, 0.2) is 0 Å². The lowest BCUT2D eigenvalue weighted by atomic mass is 10.6. The number of methoxy groups -OCH3 is 3. The number of urea groups is 1. The summed E-state index contributed by atoms with van der Waals surface area (Å²) in [7, 11) is 4.50. The van der Waals surface area contributed by atoms with Crippen LogP contribution in [0.25, 0.3) is 0 Å². The third-order valence-electron chi connectivity index (χ3n) is 1.33. The van der Waals surface area contributed by atoms with Gasteiger partial charge in [-0.15, -0.1) is 0 Å². The molecule has 6 heteroatoms. The monoisotopic (exact) mass is 192 g/mol. The summed E-state index contributed by atoms with van der Waals surface area (Å²) in [5.41, 5.74) is 0. The lowest BCUT2D eigenvalue weighted by molar-refractivity contribution is -0.0972. The van der Waals surface area contributed by atoms with Crippen LogP contribution in [-0.2, 0) is 14.2 Å². The van der Waals surface area contributed by atoms with Crippen molar-refractivity contribution in [1.82, 2.24) is 10.6 Å². The standard InChI is InChI=1S/C7H16N2O4/c1-11-5-9-7(10)8-4-6(12-2)13-3/h6H,4-5H2,1-3H3,(H2,8,9,10). The van der Waals surface area contributed by atoms with Gasteiger partial charge in [0, 0.05) is 21.3 Å².